The molecule has 2 rings (SSSR count). The van der Waals surface area contributed by atoms with Gasteiger partial charge in [0.2, 0.25) is 0 Å². The second-order valence-corrected chi connectivity index (χ2v) is 5.33. The molecule has 0 heterocycles. The average Bonchev–Trinajstić information content (AvgIpc) is 2.67. The van der Waals surface area contributed by atoms with Crippen LogP contribution in [0.5, 0.6) is 0 Å². The summed E-state index contributed by atoms with van der Waals surface area (Å²) in [5.74, 6) is 0. The lowest BCUT2D eigenvalue weighted by molar-refractivity contribution is 0.175. The zero-order valence-corrected chi connectivity index (χ0v) is 13.0. The third-order valence-corrected chi connectivity index (χ3v) is 3.90. The number of aliphatic hydroxyl groups is 1. The highest BCUT2D eigenvalue weighted by Gasteiger charge is 2.38. The molecule has 1 aromatic carbocycles. The SMILES string of the molecule is [B]C1(O)C(/C=C\CC)=C(C=C)c2c1ccc(C)c2/C=C\C. The van der Waals surface area contributed by atoms with Gasteiger partial charge in [0.05, 0.1) is 5.50 Å². The molecule has 0 aromatic heterocycles. The summed E-state index contributed by atoms with van der Waals surface area (Å²) in [5, 5.41) is 10.8. The molecule has 0 fully saturated rings. The molecule has 0 bridgehead atoms. The van der Waals surface area contributed by atoms with Crippen LogP contribution >= 0.6 is 0 Å². The lowest BCUT2D eigenvalue weighted by Crippen LogP contribution is -2.25. The highest BCUT2D eigenvalue weighted by molar-refractivity contribution is 6.20. The Morgan fingerprint density at radius 1 is 1.33 bits per heavy atom. The molecule has 21 heavy (non-hydrogen) atoms. The van der Waals surface area contributed by atoms with Gasteiger partial charge in [-0.2, -0.15) is 0 Å². The van der Waals surface area contributed by atoms with Crippen molar-refractivity contribution in [3.8, 4) is 0 Å². The van der Waals surface area contributed by atoms with Gasteiger partial charge in [0.15, 0.2) is 0 Å². The van der Waals surface area contributed by atoms with E-state index in [2.05, 4.69) is 26.5 Å². The molecule has 0 amide bonds. The smallest absolute Gasteiger partial charge is 0.126 e. The van der Waals surface area contributed by atoms with Crippen molar-refractivity contribution in [2.24, 2.45) is 0 Å². The van der Waals surface area contributed by atoms with Crippen molar-refractivity contribution < 1.29 is 5.11 Å². The molecule has 1 aromatic rings. The topological polar surface area (TPSA) is 20.2 Å². The van der Waals surface area contributed by atoms with Gasteiger partial charge in [-0.25, -0.2) is 0 Å². The van der Waals surface area contributed by atoms with Crippen LogP contribution in [-0.2, 0) is 5.50 Å². The number of hydrogen-bond donors (Lipinski definition) is 1. The predicted octanol–water partition coefficient (Wildman–Crippen LogP) is 4.26. The summed E-state index contributed by atoms with van der Waals surface area (Å²) in [6, 6.07) is 3.91. The highest BCUT2D eigenvalue weighted by atomic mass is 16.3. The summed E-state index contributed by atoms with van der Waals surface area (Å²) in [5.41, 5.74) is 4.14. The van der Waals surface area contributed by atoms with Crippen molar-refractivity contribution in [2.45, 2.75) is 32.7 Å². The van der Waals surface area contributed by atoms with E-state index < -0.39 is 5.50 Å². The van der Waals surface area contributed by atoms with E-state index in [1.165, 1.54) is 0 Å². The molecule has 0 saturated heterocycles. The quantitative estimate of drug-likeness (QED) is 0.814. The van der Waals surface area contributed by atoms with Crippen LogP contribution in [0.1, 0.15) is 42.5 Å². The molecule has 106 valence electrons. The predicted molar refractivity (Wildman–Crippen MR) is 92.1 cm³/mol. The minimum Gasteiger partial charge on any atom is -0.391 e. The normalized spacial score (nSPS) is 21.5. The Morgan fingerprint density at radius 3 is 2.62 bits per heavy atom. The molecule has 1 unspecified atom stereocenters. The van der Waals surface area contributed by atoms with Crippen molar-refractivity contribution in [3.05, 3.63) is 70.8 Å². The molecule has 0 saturated carbocycles. The molecule has 0 aliphatic heterocycles. The van der Waals surface area contributed by atoms with E-state index in [4.69, 9.17) is 7.85 Å². The van der Waals surface area contributed by atoms with Crippen LogP contribution in [0.2, 0.25) is 0 Å². The number of rotatable bonds is 4. The van der Waals surface area contributed by atoms with Crippen LogP contribution in [0.25, 0.3) is 11.6 Å². The Kier molecular flexibility index (Phi) is 4.39. The van der Waals surface area contributed by atoms with Gasteiger partial charge in [0.1, 0.15) is 7.85 Å². The first-order valence-electron chi connectivity index (χ1n) is 7.31. The fourth-order valence-corrected chi connectivity index (χ4v) is 2.86. The third kappa shape index (κ3) is 2.45. The summed E-state index contributed by atoms with van der Waals surface area (Å²) in [6.07, 6.45) is 10.6. The summed E-state index contributed by atoms with van der Waals surface area (Å²) in [4.78, 5) is 0. The number of aryl methyl sites for hydroxylation is 1. The Bertz CT molecular complexity index is 660. The van der Waals surface area contributed by atoms with Crippen LogP contribution in [-0.4, -0.2) is 13.0 Å². The first kappa shape index (κ1) is 15.6. The zero-order valence-electron chi connectivity index (χ0n) is 13.0. The second kappa shape index (κ2) is 5.91. The van der Waals surface area contributed by atoms with E-state index in [1.54, 1.807) is 6.08 Å². The van der Waals surface area contributed by atoms with Gasteiger partial charge in [0, 0.05) is 0 Å². The van der Waals surface area contributed by atoms with Gasteiger partial charge in [-0.05, 0) is 53.7 Å². The first-order chi connectivity index (χ1) is 9.98. The Hall–Kier alpha value is -1.80. The minimum atomic E-state index is -1.46. The monoisotopic (exact) mass is 276 g/mol. The molecule has 2 heteroatoms. The summed E-state index contributed by atoms with van der Waals surface area (Å²) < 4.78 is 0. The largest absolute Gasteiger partial charge is 0.391 e. The number of hydrogen-bond acceptors (Lipinski definition) is 1. The second-order valence-electron chi connectivity index (χ2n) is 5.33. The summed E-state index contributed by atoms with van der Waals surface area (Å²) >= 11 is 0. The van der Waals surface area contributed by atoms with Crippen LogP contribution < -0.4 is 0 Å². The number of fused-ring (bicyclic) bond motifs is 1. The van der Waals surface area contributed by atoms with Gasteiger partial charge in [-0.3, -0.25) is 0 Å². The first-order valence-corrected chi connectivity index (χ1v) is 7.31. The van der Waals surface area contributed by atoms with Crippen molar-refractivity contribution >= 4 is 19.5 Å². The van der Waals surface area contributed by atoms with Crippen molar-refractivity contribution in [1.29, 1.82) is 0 Å². The molecule has 1 aliphatic carbocycles. The van der Waals surface area contributed by atoms with E-state index in [0.717, 1.165) is 34.2 Å². The van der Waals surface area contributed by atoms with Crippen LogP contribution in [0.15, 0.2) is 48.6 Å². The van der Waals surface area contributed by atoms with Crippen LogP contribution in [0.3, 0.4) is 0 Å². The standard InChI is InChI=1S/C19H21BO/c1-5-8-10-16-14(7-3)18-15(9-6-2)13(4)11-12-17(18)19(16,20)21/h6-12,21H,3,5H2,1-2,4H3/b9-6-,10-8-. The lowest BCUT2D eigenvalue weighted by atomic mass is 9.72. The number of allylic oxidation sites excluding steroid dienone is 4. The number of benzene rings is 1. The van der Waals surface area contributed by atoms with E-state index in [1.807, 2.05) is 37.3 Å². The lowest BCUT2D eigenvalue weighted by Gasteiger charge is -2.22. The molecule has 2 radical (unpaired) electrons. The van der Waals surface area contributed by atoms with E-state index in [9.17, 15) is 5.11 Å². The van der Waals surface area contributed by atoms with Crippen molar-refractivity contribution in [1.82, 2.24) is 0 Å². The van der Waals surface area contributed by atoms with Gasteiger partial charge in [-0.15, -0.1) is 0 Å². The van der Waals surface area contributed by atoms with E-state index in [-0.39, 0.29) is 0 Å². The highest BCUT2D eigenvalue weighted by Crippen LogP contribution is 2.46. The maximum atomic E-state index is 10.8. The Labute approximate surface area is 128 Å². The summed E-state index contributed by atoms with van der Waals surface area (Å²) in [7, 11) is 6.23. The maximum absolute atomic E-state index is 10.8. The van der Waals surface area contributed by atoms with Crippen molar-refractivity contribution in [3.63, 3.8) is 0 Å². The molecule has 1 nitrogen and oxygen atoms in total. The molecular formula is C19H21BO. The van der Waals surface area contributed by atoms with E-state index in [0.29, 0.717) is 5.57 Å². The molecular weight excluding hydrogens is 255 g/mol. The third-order valence-electron chi connectivity index (χ3n) is 3.90. The van der Waals surface area contributed by atoms with Crippen LogP contribution in [0.4, 0.5) is 0 Å². The Morgan fingerprint density at radius 2 is 2.05 bits per heavy atom. The zero-order chi connectivity index (χ0) is 15.6. The molecule has 1 N–H and O–H groups in total. The summed E-state index contributed by atoms with van der Waals surface area (Å²) in [6.45, 7) is 10.0. The van der Waals surface area contributed by atoms with Gasteiger partial charge >= 0.3 is 0 Å². The fourth-order valence-electron chi connectivity index (χ4n) is 2.86. The molecule has 1 atom stereocenters. The van der Waals surface area contributed by atoms with Gasteiger partial charge < -0.3 is 5.11 Å². The van der Waals surface area contributed by atoms with Crippen LogP contribution in [0, 0.1) is 6.92 Å². The molecule has 1 aliphatic rings. The van der Waals surface area contributed by atoms with E-state index >= 15 is 0 Å². The maximum Gasteiger partial charge on any atom is 0.126 e. The van der Waals surface area contributed by atoms with Gasteiger partial charge in [0.25, 0.3) is 0 Å². The molecule has 0 spiro atoms. The van der Waals surface area contributed by atoms with Crippen molar-refractivity contribution in [2.75, 3.05) is 0 Å². The minimum absolute atomic E-state index is 0.714. The van der Waals surface area contributed by atoms with Gasteiger partial charge in [-0.1, -0.05) is 56.0 Å². The average molecular weight is 276 g/mol. The Balaban J connectivity index is 2.82. The fraction of sp³-hybridized carbons (Fsp3) is 0.263.